The van der Waals surface area contributed by atoms with E-state index in [4.69, 9.17) is 0 Å². The van der Waals surface area contributed by atoms with Crippen molar-refractivity contribution in [3.8, 4) is 0 Å². The van der Waals surface area contributed by atoms with Crippen LogP contribution in [-0.2, 0) is 12.8 Å². The summed E-state index contributed by atoms with van der Waals surface area (Å²) in [6, 6.07) is 23.1. The monoisotopic (exact) mass is 396 g/mol. The summed E-state index contributed by atoms with van der Waals surface area (Å²) in [6.45, 7) is 7.26. The number of rotatable bonds is 16. The third kappa shape index (κ3) is 11.8. The zero-order valence-corrected chi connectivity index (χ0v) is 18.9. The summed E-state index contributed by atoms with van der Waals surface area (Å²) < 4.78 is 0. The highest BCUT2D eigenvalue weighted by Gasteiger charge is 2.06. The number of hydrogen-bond acceptors (Lipinski definition) is 0. The Labute approximate surface area is 179 Å². The molecule has 0 saturated heterocycles. The topological polar surface area (TPSA) is 33.2 Å². The van der Waals surface area contributed by atoms with E-state index in [1.165, 1.54) is 82.0 Å². The molecule has 0 fully saturated rings. The summed E-state index contributed by atoms with van der Waals surface area (Å²) in [5.74, 6) is 0. The molecule has 0 aliphatic heterocycles. The van der Waals surface area contributed by atoms with Gasteiger partial charge in [0.1, 0.15) is 0 Å². The van der Waals surface area contributed by atoms with Crippen LogP contribution in [0.1, 0.15) is 69.9 Å². The highest BCUT2D eigenvalue weighted by atomic mass is 14.9. The zero-order valence-electron chi connectivity index (χ0n) is 18.9. The number of nitrogens with two attached hydrogens (primary N) is 2. The molecule has 0 aliphatic rings. The van der Waals surface area contributed by atoms with Crippen molar-refractivity contribution in [3.63, 3.8) is 0 Å². The van der Waals surface area contributed by atoms with Crippen molar-refractivity contribution in [3.05, 3.63) is 71.8 Å². The van der Waals surface area contributed by atoms with E-state index < -0.39 is 0 Å². The van der Waals surface area contributed by atoms with Crippen molar-refractivity contribution in [2.75, 3.05) is 13.1 Å². The van der Waals surface area contributed by atoms with Crippen LogP contribution in [-0.4, -0.2) is 25.2 Å². The summed E-state index contributed by atoms with van der Waals surface area (Å²) >= 11 is 0. The van der Waals surface area contributed by atoms with Crippen LogP contribution in [0.4, 0.5) is 0 Å². The molecule has 0 radical (unpaired) electrons. The molecule has 0 saturated carbocycles. The Balaban J connectivity index is 1.34. The molecule has 4 N–H and O–H groups in total. The van der Waals surface area contributed by atoms with Gasteiger partial charge in [0.15, 0.2) is 0 Å². The van der Waals surface area contributed by atoms with Crippen LogP contribution in [0.2, 0.25) is 0 Å². The van der Waals surface area contributed by atoms with Crippen LogP contribution < -0.4 is 10.6 Å². The molecule has 0 heterocycles. The Morgan fingerprint density at radius 2 is 0.862 bits per heavy atom. The van der Waals surface area contributed by atoms with Gasteiger partial charge in [0, 0.05) is 12.8 Å². The Morgan fingerprint density at radius 3 is 1.24 bits per heavy atom. The molecule has 2 nitrogen and oxygen atoms in total. The van der Waals surface area contributed by atoms with Crippen LogP contribution >= 0.6 is 0 Å². The van der Waals surface area contributed by atoms with E-state index in [-0.39, 0.29) is 0 Å². The Hall–Kier alpha value is -1.64. The van der Waals surface area contributed by atoms with Gasteiger partial charge >= 0.3 is 0 Å². The van der Waals surface area contributed by atoms with Crippen LogP contribution in [0, 0.1) is 0 Å². The Morgan fingerprint density at radius 1 is 0.517 bits per heavy atom. The van der Waals surface area contributed by atoms with Crippen LogP contribution in [0.15, 0.2) is 60.7 Å². The van der Waals surface area contributed by atoms with Gasteiger partial charge in [0.2, 0.25) is 0 Å². The lowest BCUT2D eigenvalue weighted by Crippen LogP contribution is -2.89. The minimum Gasteiger partial charge on any atom is -0.344 e. The second-order valence-electron chi connectivity index (χ2n) is 8.86. The van der Waals surface area contributed by atoms with Gasteiger partial charge in [0.05, 0.1) is 25.2 Å². The minimum atomic E-state index is 0.693. The fourth-order valence-electron chi connectivity index (χ4n) is 4.12. The first kappa shape index (κ1) is 23.6. The molecule has 2 aromatic carbocycles. The summed E-state index contributed by atoms with van der Waals surface area (Å²) in [5, 5.41) is 5.05. The Kier molecular flexibility index (Phi) is 12.4. The van der Waals surface area contributed by atoms with Gasteiger partial charge in [-0.05, 0) is 50.7 Å². The van der Waals surface area contributed by atoms with Gasteiger partial charge in [-0.1, -0.05) is 79.9 Å². The highest BCUT2D eigenvalue weighted by Crippen LogP contribution is 2.06. The largest absolute Gasteiger partial charge is 0.344 e. The number of quaternary nitrogens is 2. The summed E-state index contributed by atoms with van der Waals surface area (Å²) in [7, 11) is 0. The summed E-state index contributed by atoms with van der Waals surface area (Å²) in [6.07, 6.45) is 12.1. The first-order chi connectivity index (χ1) is 14.2. The molecule has 0 aliphatic carbocycles. The molecule has 0 aromatic heterocycles. The molecule has 0 bridgehead atoms. The molecule has 0 amide bonds. The van der Waals surface area contributed by atoms with Gasteiger partial charge < -0.3 is 10.6 Å². The van der Waals surface area contributed by atoms with Crippen molar-refractivity contribution in [1.82, 2.24) is 0 Å². The standard InChI is InChI=1S/C27H42N2/c1-24(22-26-16-10-8-11-17-26)28-20-14-6-4-3-5-7-15-21-29-25(2)23-27-18-12-9-13-19-27/h8-13,16-19,24-25,28-29H,3-7,14-15,20-23H2,1-2H3/p+2/t24-,25-/m1/s1. The summed E-state index contributed by atoms with van der Waals surface area (Å²) in [5.41, 5.74) is 2.92. The highest BCUT2D eigenvalue weighted by molar-refractivity contribution is 5.15. The van der Waals surface area contributed by atoms with E-state index in [1.807, 2.05) is 0 Å². The molecule has 160 valence electrons. The quantitative estimate of drug-likeness (QED) is 0.401. The zero-order chi connectivity index (χ0) is 20.6. The molecular weight excluding hydrogens is 352 g/mol. The third-order valence-electron chi connectivity index (χ3n) is 5.85. The van der Waals surface area contributed by atoms with E-state index in [9.17, 15) is 0 Å². The fraction of sp³-hybridized carbons (Fsp3) is 0.556. The van der Waals surface area contributed by atoms with E-state index in [0.717, 1.165) is 0 Å². The van der Waals surface area contributed by atoms with E-state index >= 15 is 0 Å². The maximum absolute atomic E-state index is 2.53. The van der Waals surface area contributed by atoms with Gasteiger partial charge in [-0.15, -0.1) is 0 Å². The summed E-state index contributed by atoms with van der Waals surface area (Å²) in [4.78, 5) is 0. The molecule has 2 heteroatoms. The van der Waals surface area contributed by atoms with Crippen molar-refractivity contribution < 1.29 is 10.6 Å². The molecule has 2 rings (SSSR count). The number of benzene rings is 2. The van der Waals surface area contributed by atoms with Crippen LogP contribution in [0.25, 0.3) is 0 Å². The van der Waals surface area contributed by atoms with Gasteiger partial charge in [-0.3, -0.25) is 0 Å². The SMILES string of the molecule is C[C@H](Cc1ccccc1)[NH2+]CCCCCCCCC[NH2+][C@H](C)Cc1ccccc1. The van der Waals surface area contributed by atoms with E-state index in [0.29, 0.717) is 12.1 Å². The maximum Gasteiger partial charge on any atom is 0.0871 e. The fourth-order valence-corrected chi connectivity index (χ4v) is 4.12. The van der Waals surface area contributed by atoms with Crippen LogP contribution in [0.3, 0.4) is 0 Å². The molecule has 2 aromatic rings. The molecule has 0 spiro atoms. The number of unbranched alkanes of at least 4 members (excludes halogenated alkanes) is 6. The molecule has 29 heavy (non-hydrogen) atoms. The lowest BCUT2D eigenvalue weighted by Gasteiger charge is -2.11. The van der Waals surface area contributed by atoms with E-state index in [2.05, 4.69) is 85.1 Å². The molecule has 2 atom stereocenters. The maximum atomic E-state index is 2.53. The first-order valence-corrected chi connectivity index (χ1v) is 12.0. The lowest BCUT2D eigenvalue weighted by atomic mass is 10.1. The second-order valence-corrected chi connectivity index (χ2v) is 8.86. The average molecular weight is 397 g/mol. The van der Waals surface area contributed by atoms with Crippen molar-refractivity contribution in [2.45, 2.75) is 83.7 Å². The first-order valence-electron chi connectivity index (χ1n) is 12.0. The van der Waals surface area contributed by atoms with E-state index in [1.54, 1.807) is 0 Å². The third-order valence-corrected chi connectivity index (χ3v) is 5.85. The van der Waals surface area contributed by atoms with Gasteiger partial charge in [-0.2, -0.15) is 0 Å². The predicted molar refractivity (Wildman–Crippen MR) is 125 cm³/mol. The molecule has 0 unspecified atom stereocenters. The van der Waals surface area contributed by atoms with Crippen molar-refractivity contribution in [2.24, 2.45) is 0 Å². The van der Waals surface area contributed by atoms with Crippen molar-refractivity contribution in [1.29, 1.82) is 0 Å². The van der Waals surface area contributed by atoms with Crippen molar-refractivity contribution >= 4 is 0 Å². The average Bonchev–Trinajstić information content (AvgIpc) is 2.73. The van der Waals surface area contributed by atoms with Gasteiger partial charge in [-0.25, -0.2) is 0 Å². The van der Waals surface area contributed by atoms with Gasteiger partial charge in [0.25, 0.3) is 0 Å². The minimum absolute atomic E-state index is 0.693. The normalized spacial score (nSPS) is 13.3. The number of hydrogen-bond donors (Lipinski definition) is 2. The lowest BCUT2D eigenvalue weighted by molar-refractivity contribution is -0.686. The molecular formula is C27H44N2+2. The smallest absolute Gasteiger partial charge is 0.0871 e. The second kappa shape index (κ2) is 15.2. The van der Waals surface area contributed by atoms with Crippen LogP contribution in [0.5, 0.6) is 0 Å². The predicted octanol–water partition coefficient (Wildman–Crippen LogP) is 4.11. The Bertz CT molecular complexity index is 555.